The first-order valence-electron chi connectivity index (χ1n) is 9.53. The van der Waals surface area contributed by atoms with E-state index in [-0.39, 0.29) is 23.4 Å². The Balaban J connectivity index is 1.57. The second-order valence-electron chi connectivity index (χ2n) is 7.42. The molecule has 0 radical (unpaired) electrons. The molecule has 1 aromatic heterocycles. The molecule has 2 unspecified atom stereocenters. The Morgan fingerprint density at radius 1 is 1.13 bits per heavy atom. The van der Waals surface area contributed by atoms with Crippen molar-refractivity contribution < 1.29 is 31.8 Å². The zero-order valence-electron chi connectivity index (χ0n) is 16.6. The number of ether oxygens (including phenoxy) is 2. The van der Waals surface area contributed by atoms with Crippen molar-refractivity contribution in [3.8, 4) is 0 Å². The average molecular weight is 434 g/mol. The van der Waals surface area contributed by atoms with Gasteiger partial charge < -0.3 is 14.8 Å². The van der Waals surface area contributed by atoms with Gasteiger partial charge in [0.05, 0.1) is 0 Å². The number of benzene rings is 1. The molecule has 9 heteroatoms. The van der Waals surface area contributed by atoms with Crippen molar-refractivity contribution in [2.75, 3.05) is 11.9 Å². The molecule has 1 aromatic carbocycles. The van der Waals surface area contributed by atoms with Crippen molar-refractivity contribution in [2.45, 2.75) is 20.0 Å². The van der Waals surface area contributed by atoms with Crippen LogP contribution in [-0.4, -0.2) is 23.6 Å². The molecule has 5 nitrogen and oxygen atoms in total. The summed E-state index contributed by atoms with van der Waals surface area (Å²) in [6, 6.07) is 6.21. The van der Waals surface area contributed by atoms with Gasteiger partial charge in [0.15, 0.2) is 12.4 Å². The zero-order valence-corrected chi connectivity index (χ0v) is 16.6. The van der Waals surface area contributed by atoms with Crippen molar-refractivity contribution in [1.82, 2.24) is 4.98 Å². The predicted octanol–water partition coefficient (Wildman–Crippen LogP) is 5.13. The zero-order chi connectivity index (χ0) is 22.3. The fourth-order valence-electron chi connectivity index (χ4n) is 3.58. The van der Waals surface area contributed by atoms with Gasteiger partial charge in [-0.05, 0) is 47.4 Å². The summed E-state index contributed by atoms with van der Waals surface area (Å²) in [4.78, 5) is 16.3. The van der Waals surface area contributed by atoms with Crippen LogP contribution in [0, 0.1) is 23.5 Å². The number of aromatic nitrogens is 1. The summed E-state index contributed by atoms with van der Waals surface area (Å²) in [5.41, 5.74) is 0.622. The maximum absolute atomic E-state index is 13.8. The SMILES string of the molecule is CC1C(c2ccc(NC(=O)c3c(F)cccc3F)nc2)=CC2=C(OCC(F)(F)O2)C1C. The van der Waals surface area contributed by atoms with Crippen LogP contribution in [0.2, 0.25) is 0 Å². The molecule has 2 aliphatic rings. The van der Waals surface area contributed by atoms with E-state index >= 15 is 0 Å². The second-order valence-corrected chi connectivity index (χ2v) is 7.42. The molecule has 0 fully saturated rings. The van der Waals surface area contributed by atoms with Crippen LogP contribution >= 0.6 is 0 Å². The Kier molecular flexibility index (Phi) is 5.20. The monoisotopic (exact) mass is 434 g/mol. The number of hydrogen-bond acceptors (Lipinski definition) is 4. The fourth-order valence-corrected chi connectivity index (χ4v) is 3.58. The minimum Gasteiger partial charge on any atom is -0.483 e. The minimum absolute atomic E-state index is 0.0238. The molecule has 1 aliphatic carbocycles. The van der Waals surface area contributed by atoms with Crippen LogP contribution in [0.3, 0.4) is 0 Å². The summed E-state index contributed by atoms with van der Waals surface area (Å²) in [6.07, 6.45) is -0.470. The van der Waals surface area contributed by atoms with Crippen LogP contribution in [0.1, 0.15) is 29.8 Å². The molecule has 0 spiro atoms. The second kappa shape index (κ2) is 7.72. The summed E-state index contributed by atoms with van der Waals surface area (Å²) in [6.45, 7) is 2.95. The van der Waals surface area contributed by atoms with Crippen LogP contribution < -0.4 is 5.32 Å². The van der Waals surface area contributed by atoms with E-state index in [2.05, 4.69) is 10.3 Å². The maximum atomic E-state index is 13.8. The number of amides is 1. The van der Waals surface area contributed by atoms with Gasteiger partial charge in [-0.1, -0.05) is 19.9 Å². The van der Waals surface area contributed by atoms with Crippen LogP contribution in [0.15, 0.2) is 54.1 Å². The highest BCUT2D eigenvalue weighted by Crippen LogP contribution is 2.44. The summed E-state index contributed by atoms with van der Waals surface area (Å²) in [7, 11) is 0. The van der Waals surface area contributed by atoms with Gasteiger partial charge in [0, 0.05) is 12.1 Å². The number of carbonyl (C=O) groups excluding carboxylic acids is 1. The summed E-state index contributed by atoms with van der Waals surface area (Å²) >= 11 is 0. The molecular formula is C22H18F4N2O3. The number of nitrogens with zero attached hydrogens (tertiary/aromatic N) is 1. The van der Waals surface area contributed by atoms with Gasteiger partial charge in [0.2, 0.25) is 0 Å². The fraction of sp³-hybridized carbons (Fsp3) is 0.273. The topological polar surface area (TPSA) is 60.5 Å². The highest BCUT2D eigenvalue weighted by molar-refractivity contribution is 6.04. The molecular weight excluding hydrogens is 416 g/mol. The first kappa shape index (κ1) is 20.9. The Bertz CT molecular complexity index is 1080. The lowest BCUT2D eigenvalue weighted by atomic mass is 9.80. The quantitative estimate of drug-likeness (QED) is 0.681. The van der Waals surface area contributed by atoms with Crippen molar-refractivity contribution in [3.63, 3.8) is 0 Å². The van der Waals surface area contributed by atoms with Crippen molar-refractivity contribution >= 4 is 17.3 Å². The number of hydrogen-bond donors (Lipinski definition) is 1. The average Bonchev–Trinajstić information content (AvgIpc) is 2.70. The molecule has 1 N–H and O–H groups in total. The lowest BCUT2D eigenvalue weighted by molar-refractivity contribution is -0.255. The molecule has 162 valence electrons. The first-order chi connectivity index (χ1) is 14.7. The van der Waals surface area contributed by atoms with E-state index in [1.807, 2.05) is 13.8 Å². The van der Waals surface area contributed by atoms with E-state index in [9.17, 15) is 22.4 Å². The normalized spacial score (nSPS) is 22.1. The number of nitrogens with one attached hydrogen (secondary N) is 1. The van der Waals surface area contributed by atoms with Gasteiger partial charge in [0.25, 0.3) is 5.91 Å². The minimum atomic E-state index is -3.41. The standard InChI is InChI=1S/C22H18F4N2O3/c1-11-12(2)20-17(31-22(25,26)10-30-20)8-14(11)13-6-7-18(27-9-13)28-21(29)19-15(23)4-3-5-16(19)24/h3-9,11-12H,10H2,1-2H3,(H,27,28,29). The lowest BCUT2D eigenvalue weighted by Crippen LogP contribution is -2.35. The number of carbonyl (C=O) groups is 1. The number of allylic oxidation sites excluding steroid dienone is 3. The Hall–Kier alpha value is -3.36. The summed E-state index contributed by atoms with van der Waals surface area (Å²) in [5, 5.41) is 2.34. The number of rotatable bonds is 3. The summed E-state index contributed by atoms with van der Waals surface area (Å²) < 4.78 is 64.7. The van der Waals surface area contributed by atoms with Crippen LogP contribution in [0.4, 0.5) is 23.4 Å². The van der Waals surface area contributed by atoms with E-state index < -0.39 is 35.8 Å². The molecule has 0 saturated heterocycles. The number of anilines is 1. The number of pyridine rings is 1. The van der Waals surface area contributed by atoms with E-state index in [4.69, 9.17) is 9.47 Å². The lowest BCUT2D eigenvalue weighted by Gasteiger charge is -2.36. The van der Waals surface area contributed by atoms with Crippen LogP contribution in [-0.2, 0) is 9.47 Å². The highest BCUT2D eigenvalue weighted by atomic mass is 19.3. The number of halogens is 4. The van der Waals surface area contributed by atoms with Gasteiger partial charge in [-0.2, -0.15) is 8.78 Å². The molecule has 2 heterocycles. The van der Waals surface area contributed by atoms with E-state index in [1.54, 1.807) is 6.07 Å². The third kappa shape index (κ3) is 3.99. The Morgan fingerprint density at radius 2 is 1.84 bits per heavy atom. The van der Waals surface area contributed by atoms with Gasteiger partial charge in [-0.15, -0.1) is 0 Å². The Morgan fingerprint density at radius 3 is 2.48 bits per heavy atom. The van der Waals surface area contributed by atoms with E-state index in [0.717, 1.165) is 18.2 Å². The predicted molar refractivity (Wildman–Crippen MR) is 104 cm³/mol. The molecule has 0 bridgehead atoms. The first-order valence-corrected chi connectivity index (χ1v) is 9.53. The largest absolute Gasteiger partial charge is 0.483 e. The Labute approximate surface area is 175 Å². The molecule has 31 heavy (non-hydrogen) atoms. The van der Waals surface area contributed by atoms with Gasteiger partial charge in [-0.25, -0.2) is 13.8 Å². The third-order valence-electron chi connectivity index (χ3n) is 5.37. The van der Waals surface area contributed by atoms with E-state index in [0.29, 0.717) is 16.9 Å². The summed E-state index contributed by atoms with van der Waals surface area (Å²) in [5.74, 6) is -2.79. The molecule has 2 atom stereocenters. The van der Waals surface area contributed by atoms with Crippen LogP contribution in [0.25, 0.3) is 5.57 Å². The third-order valence-corrected chi connectivity index (χ3v) is 5.37. The highest BCUT2D eigenvalue weighted by Gasteiger charge is 2.43. The molecule has 1 aliphatic heterocycles. The molecule has 0 saturated carbocycles. The number of alkyl halides is 2. The van der Waals surface area contributed by atoms with Crippen molar-refractivity contribution in [2.24, 2.45) is 11.8 Å². The molecule has 2 aromatic rings. The van der Waals surface area contributed by atoms with Crippen molar-refractivity contribution in [1.29, 1.82) is 0 Å². The van der Waals surface area contributed by atoms with Crippen LogP contribution in [0.5, 0.6) is 0 Å². The smallest absolute Gasteiger partial charge is 0.433 e. The van der Waals surface area contributed by atoms with E-state index in [1.165, 1.54) is 18.3 Å². The van der Waals surface area contributed by atoms with Gasteiger partial charge >= 0.3 is 6.11 Å². The van der Waals surface area contributed by atoms with Gasteiger partial charge in [0.1, 0.15) is 28.8 Å². The molecule has 4 rings (SSSR count). The van der Waals surface area contributed by atoms with Gasteiger partial charge in [-0.3, -0.25) is 4.79 Å². The maximum Gasteiger partial charge on any atom is 0.433 e. The van der Waals surface area contributed by atoms with Crippen molar-refractivity contribution in [3.05, 3.63) is 76.9 Å². The molecule has 1 amide bonds.